The van der Waals surface area contributed by atoms with E-state index in [1.807, 2.05) is 11.3 Å². The quantitative estimate of drug-likeness (QED) is 0.608. The van der Waals surface area contributed by atoms with Crippen molar-refractivity contribution in [3.63, 3.8) is 0 Å². The van der Waals surface area contributed by atoms with Crippen LogP contribution >= 0.6 is 11.3 Å². The zero-order valence-electron chi connectivity index (χ0n) is 6.05. The molecule has 0 saturated carbocycles. The summed E-state index contributed by atoms with van der Waals surface area (Å²) in [6.07, 6.45) is 2.55. The largest absolute Gasteiger partial charge is 0.398 e. The number of nitrogen functional groups attached to an aromatic ring is 1. The number of hydrogen-bond donors (Lipinski definition) is 1. The number of aryl methyl sites for hydroxylation is 1. The first kappa shape index (κ1) is 6.23. The molecule has 0 aromatic carbocycles. The van der Waals surface area contributed by atoms with E-state index in [1.54, 1.807) is 0 Å². The van der Waals surface area contributed by atoms with Crippen molar-refractivity contribution in [2.45, 2.75) is 25.7 Å². The van der Waals surface area contributed by atoms with Gasteiger partial charge in [-0.2, -0.15) is 0 Å². The van der Waals surface area contributed by atoms with E-state index in [-0.39, 0.29) is 0 Å². The number of fused-ring (bicyclic) bond motifs is 1. The van der Waals surface area contributed by atoms with Gasteiger partial charge in [0.15, 0.2) is 0 Å². The summed E-state index contributed by atoms with van der Waals surface area (Å²) in [7, 11) is 0. The molecule has 1 unspecified atom stereocenters. The highest BCUT2D eigenvalue weighted by Crippen LogP contribution is 2.40. The predicted octanol–water partition coefficient (Wildman–Crippen LogP) is 2.38. The molecule has 0 aliphatic heterocycles. The van der Waals surface area contributed by atoms with E-state index in [1.165, 1.54) is 23.3 Å². The molecule has 2 heteroatoms. The molecular formula is C8H11NS. The first-order chi connectivity index (χ1) is 4.79. The highest BCUT2D eigenvalue weighted by atomic mass is 32.1. The maximum Gasteiger partial charge on any atom is 0.0460 e. The standard InChI is InChI=1S/C8H11NS/c1-5-2-3-7-8(5)6(9)4-10-7/h4-5H,2-3,9H2,1H3. The molecule has 54 valence electrons. The van der Waals surface area contributed by atoms with Crippen molar-refractivity contribution in [3.8, 4) is 0 Å². The van der Waals surface area contributed by atoms with Crippen LogP contribution < -0.4 is 5.73 Å². The summed E-state index contributed by atoms with van der Waals surface area (Å²) in [5, 5.41) is 2.07. The third-order valence-electron chi connectivity index (χ3n) is 2.24. The van der Waals surface area contributed by atoms with Gasteiger partial charge >= 0.3 is 0 Å². The fraction of sp³-hybridized carbons (Fsp3) is 0.500. The van der Waals surface area contributed by atoms with Crippen LogP contribution in [0.2, 0.25) is 0 Å². The van der Waals surface area contributed by atoms with E-state index in [9.17, 15) is 0 Å². The Morgan fingerprint density at radius 1 is 1.70 bits per heavy atom. The van der Waals surface area contributed by atoms with Crippen LogP contribution in [0.25, 0.3) is 0 Å². The van der Waals surface area contributed by atoms with Crippen LogP contribution in [0.1, 0.15) is 29.7 Å². The lowest BCUT2D eigenvalue weighted by Crippen LogP contribution is -1.90. The highest BCUT2D eigenvalue weighted by molar-refractivity contribution is 7.10. The van der Waals surface area contributed by atoms with Gasteiger partial charge in [0.2, 0.25) is 0 Å². The third kappa shape index (κ3) is 0.686. The summed E-state index contributed by atoms with van der Waals surface area (Å²) in [6, 6.07) is 0. The van der Waals surface area contributed by atoms with Crippen LogP contribution in [0.4, 0.5) is 5.69 Å². The van der Waals surface area contributed by atoms with Crippen molar-refractivity contribution >= 4 is 17.0 Å². The monoisotopic (exact) mass is 153 g/mol. The smallest absolute Gasteiger partial charge is 0.0460 e. The van der Waals surface area contributed by atoms with Gasteiger partial charge in [-0.3, -0.25) is 0 Å². The first-order valence-corrected chi connectivity index (χ1v) is 4.52. The predicted molar refractivity (Wildman–Crippen MR) is 45.5 cm³/mol. The average molecular weight is 153 g/mol. The Hall–Kier alpha value is -0.500. The molecule has 1 aliphatic carbocycles. The molecule has 0 fully saturated rings. The second-order valence-electron chi connectivity index (χ2n) is 2.97. The Morgan fingerprint density at radius 2 is 2.50 bits per heavy atom. The zero-order chi connectivity index (χ0) is 7.14. The van der Waals surface area contributed by atoms with Crippen LogP contribution in [0.15, 0.2) is 5.38 Å². The molecule has 2 N–H and O–H groups in total. The highest BCUT2D eigenvalue weighted by Gasteiger charge is 2.22. The van der Waals surface area contributed by atoms with Crippen molar-refractivity contribution in [1.82, 2.24) is 0 Å². The zero-order valence-corrected chi connectivity index (χ0v) is 6.87. The van der Waals surface area contributed by atoms with E-state index in [4.69, 9.17) is 5.73 Å². The lowest BCUT2D eigenvalue weighted by atomic mass is 10.1. The molecule has 2 rings (SSSR count). The summed E-state index contributed by atoms with van der Waals surface area (Å²) in [6.45, 7) is 2.26. The summed E-state index contributed by atoms with van der Waals surface area (Å²) in [4.78, 5) is 1.52. The third-order valence-corrected chi connectivity index (χ3v) is 3.32. The van der Waals surface area contributed by atoms with E-state index < -0.39 is 0 Å². The Morgan fingerprint density at radius 3 is 3.20 bits per heavy atom. The molecule has 0 saturated heterocycles. The second-order valence-corrected chi connectivity index (χ2v) is 3.93. The lowest BCUT2D eigenvalue weighted by Gasteiger charge is -2.00. The summed E-state index contributed by atoms with van der Waals surface area (Å²) < 4.78 is 0. The Labute approximate surface area is 64.9 Å². The topological polar surface area (TPSA) is 26.0 Å². The molecule has 1 aromatic heterocycles. The fourth-order valence-corrected chi connectivity index (χ4v) is 2.75. The van der Waals surface area contributed by atoms with Gasteiger partial charge in [-0.15, -0.1) is 11.3 Å². The van der Waals surface area contributed by atoms with Gasteiger partial charge in [0.25, 0.3) is 0 Å². The van der Waals surface area contributed by atoms with E-state index in [0.717, 1.165) is 5.69 Å². The molecule has 1 heterocycles. The molecule has 1 aliphatic rings. The normalized spacial score (nSPS) is 23.1. The number of anilines is 1. The van der Waals surface area contributed by atoms with Crippen molar-refractivity contribution in [2.75, 3.05) is 5.73 Å². The van der Waals surface area contributed by atoms with Gasteiger partial charge in [-0.25, -0.2) is 0 Å². The number of thiophene rings is 1. The Bertz CT molecular complexity index is 252. The SMILES string of the molecule is CC1CCc2scc(N)c21. The van der Waals surface area contributed by atoms with Crippen LogP contribution in [0.3, 0.4) is 0 Å². The van der Waals surface area contributed by atoms with Crippen LogP contribution in [0.5, 0.6) is 0 Å². The molecule has 0 spiro atoms. The van der Waals surface area contributed by atoms with Gasteiger partial charge in [-0.1, -0.05) is 6.92 Å². The minimum atomic E-state index is 0.709. The Kier molecular flexibility index (Phi) is 1.24. The van der Waals surface area contributed by atoms with Gasteiger partial charge in [0, 0.05) is 15.9 Å². The lowest BCUT2D eigenvalue weighted by molar-refractivity contribution is 0.749. The van der Waals surface area contributed by atoms with Crippen molar-refractivity contribution in [2.24, 2.45) is 0 Å². The molecular weight excluding hydrogens is 142 g/mol. The molecule has 1 nitrogen and oxygen atoms in total. The minimum absolute atomic E-state index is 0.709. The summed E-state index contributed by atoms with van der Waals surface area (Å²) >= 11 is 1.82. The van der Waals surface area contributed by atoms with Gasteiger partial charge in [0.1, 0.15) is 0 Å². The molecule has 0 amide bonds. The Balaban J connectivity index is 2.54. The van der Waals surface area contributed by atoms with E-state index in [2.05, 4.69) is 12.3 Å². The van der Waals surface area contributed by atoms with Crippen molar-refractivity contribution in [1.29, 1.82) is 0 Å². The van der Waals surface area contributed by atoms with Gasteiger partial charge in [0.05, 0.1) is 0 Å². The summed E-state index contributed by atoms with van der Waals surface area (Å²) in [5.74, 6) is 0.709. The van der Waals surface area contributed by atoms with Crippen LogP contribution in [-0.4, -0.2) is 0 Å². The van der Waals surface area contributed by atoms with Crippen LogP contribution in [-0.2, 0) is 6.42 Å². The number of rotatable bonds is 0. The second kappa shape index (κ2) is 1.99. The maximum absolute atomic E-state index is 5.79. The number of nitrogens with two attached hydrogens (primary N) is 1. The minimum Gasteiger partial charge on any atom is -0.398 e. The molecule has 0 radical (unpaired) electrons. The molecule has 10 heavy (non-hydrogen) atoms. The molecule has 1 aromatic rings. The maximum atomic E-state index is 5.79. The fourth-order valence-electron chi connectivity index (χ4n) is 1.67. The number of hydrogen-bond acceptors (Lipinski definition) is 2. The average Bonchev–Trinajstić information content (AvgIpc) is 2.40. The molecule has 1 atom stereocenters. The van der Waals surface area contributed by atoms with Crippen molar-refractivity contribution in [3.05, 3.63) is 15.8 Å². The van der Waals surface area contributed by atoms with E-state index >= 15 is 0 Å². The van der Waals surface area contributed by atoms with Crippen molar-refractivity contribution < 1.29 is 0 Å². The van der Waals surface area contributed by atoms with Crippen LogP contribution in [0, 0.1) is 0 Å². The summed E-state index contributed by atoms with van der Waals surface area (Å²) in [5.41, 5.74) is 8.25. The van der Waals surface area contributed by atoms with Gasteiger partial charge < -0.3 is 5.73 Å². The van der Waals surface area contributed by atoms with Gasteiger partial charge in [-0.05, 0) is 24.3 Å². The molecule has 0 bridgehead atoms. The van der Waals surface area contributed by atoms with E-state index in [0.29, 0.717) is 5.92 Å². The first-order valence-electron chi connectivity index (χ1n) is 3.65.